The van der Waals surface area contributed by atoms with Gasteiger partial charge in [0, 0.05) is 30.2 Å². The SMILES string of the molecule is Cn1c(C(=O)Nc2ccc(S(=O)(=O)NC(=O)NCC(C(=O)O)C3CC3)cc2)cc2c(Cl)c(Cl)ccc21. The van der Waals surface area contributed by atoms with E-state index < -0.39 is 33.8 Å². The van der Waals surface area contributed by atoms with Crippen LogP contribution in [-0.2, 0) is 21.9 Å². The third-order valence-electron chi connectivity index (χ3n) is 5.99. The molecular weight excluding hydrogens is 531 g/mol. The molecule has 2 aromatic carbocycles. The lowest BCUT2D eigenvalue weighted by molar-refractivity contribution is -0.142. The molecule has 10 nitrogen and oxygen atoms in total. The van der Waals surface area contributed by atoms with Crippen molar-refractivity contribution < 1.29 is 27.9 Å². The fraction of sp³-hybridized carbons (Fsp3) is 0.261. The predicted octanol–water partition coefficient (Wildman–Crippen LogP) is 3.84. The molecule has 0 spiro atoms. The third kappa shape index (κ3) is 5.43. The number of aryl methyl sites for hydroxylation is 1. The maximum atomic E-state index is 12.8. The summed E-state index contributed by atoms with van der Waals surface area (Å²) >= 11 is 12.3. The van der Waals surface area contributed by atoms with E-state index in [1.54, 1.807) is 29.8 Å². The zero-order valence-corrected chi connectivity index (χ0v) is 21.2. The topological polar surface area (TPSA) is 147 Å². The molecule has 4 rings (SSSR count). The Hall–Kier alpha value is -3.28. The van der Waals surface area contributed by atoms with Gasteiger partial charge >= 0.3 is 12.0 Å². The molecule has 3 aromatic rings. The van der Waals surface area contributed by atoms with Crippen LogP contribution in [0.25, 0.3) is 10.9 Å². The van der Waals surface area contributed by atoms with Crippen molar-refractivity contribution in [1.29, 1.82) is 0 Å². The summed E-state index contributed by atoms with van der Waals surface area (Å²) in [6.07, 6.45) is 1.54. The van der Waals surface area contributed by atoms with Crippen molar-refractivity contribution in [3.63, 3.8) is 0 Å². The molecule has 4 N–H and O–H groups in total. The van der Waals surface area contributed by atoms with Crippen LogP contribution < -0.4 is 15.4 Å². The van der Waals surface area contributed by atoms with Crippen molar-refractivity contribution in [2.24, 2.45) is 18.9 Å². The van der Waals surface area contributed by atoms with E-state index in [-0.39, 0.29) is 17.4 Å². The van der Waals surface area contributed by atoms with Gasteiger partial charge in [-0.05, 0) is 61.2 Å². The Morgan fingerprint density at radius 1 is 1.11 bits per heavy atom. The van der Waals surface area contributed by atoms with Gasteiger partial charge in [-0.15, -0.1) is 0 Å². The number of rotatable bonds is 8. The number of hydrogen-bond donors (Lipinski definition) is 4. The van der Waals surface area contributed by atoms with Crippen LogP contribution in [0.3, 0.4) is 0 Å². The first-order valence-corrected chi connectivity index (χ1v) is 13.1. The molecular formula is C23H22Cl2N4O6S. The van der Waals surface area contributed by atoms with Crippen LogP contribution in [0.4, 0.5) is 10.5 Å². The van der Waals surface area contributed by atoms with E-state index in [1.165, 1.54) is 24.3 Å². The number of carboxylic acid groups (broad SMARTS) is 1. The Balaban J connectivity index is 1.40. The van der Waals surface area contributed by atoms with Gasteiger partial charge < -0.3 is 20.3 Å². The maximum Gasteiger partial charge on any atom is 0.328 e. The van der Waals surface area contributed by atoms with E-state index >= 15 is 0 Å². The van der Waals surface area contributed by atoms with Crippen LogP contribution in [0, 0.1) is 11.8 Å². The number of nitrogens with zero attached hydrogens (tertiary/aromatic N) is 1. The second kappa shape index (κ2) is 10.00. The number of carboxylic acids is 1. The molecule has 1 heterocycles. The number of halogens is 2. The van der Waals surface area contributed by atoms with E-state index in [0.29, 0.717) is 32.3 Å². The van der Waals surface area contributed by atoms with E-state index in [0.717, 1.165) is 12.8 Å². The first kappa shape index (κ1) is 25.8. The normalized spacial score (nSPS) is 14.3. The highest BCUT2D eigenvalue weighted by atomic mass is 35.5. The predicted molar refractivity (Wildman–Crippen MR) is 135 cm³/mol. The standard InChI is InChI=1S/C23H22Cl2N4O6S/c1-29-18-9-8-17(24)20(25)15(18)10-19(29)21(30)27-13-4-6-14(7-5-13)36(34,35)28-23(33)26-11-16(22(31)32)12-2-3-12/h4-10,12,16H,2-3,11H2,1H3,(H,27,30)(H,31,32)(H2,26,28,33). The van der Waals surface area contributed by atoms with E-state index in [1.807, 2.05) is 4.72 Å². The van der Waals surface area contributed by atoms with Crippen LogP contribution in [0.1, 0.15) is 23.3 Å². The van der Waals surface area contributed by atoms with Crippen molar-refractivity contribution in [2.45, 2.75) is 17.7 Å². The lowest BCUT2D eigenvalue weighted by Gasteiger charge is -2.13. The van der Waals surface area contributed by atoms with Crippen molar-refractivity contribution in [2.75, 3.05) is 11.9 Å². The van der Waals surface area contributed by atoms with Crippen LogP contribution >= 0.6 is 23.2 Å². The minimum Gasteiger partial charge on any atom is -0.481 e. The van der Waals surface area contributed by atoms with Gasteiger partial charge in [-0.3, -0.25) is 9.59 Å². The number of sulfonamides is 1. The highest BCUT2D eigenvalue weighted by molar-refractivity contribution is 7.90. The molecule has 1 aliphatic carbocycles. The van der Waals surface area contributed by atoms with Crippen molar-refractivity contribution >= 4 is 67.7 Å². The highest BCUT2D eigenvalue weighted by Crippen LogP contribution is 2.36. The van der Waals surface area contributed by atoms with Crippen molar-refractivity contribution in [3.05, 3.63) is 58.2 Å². The number of hydrogen-bond acceptors (Lipinski definition) is 5. The summed E-state index contributed by atoms with van der Waals surface area (Å²) in [6.45, 7) is -0.169. The molecule has 0 aliphatic heterocycles. The summed E-state index contributed by atoms with van der Waals surface area (Å²) in [7, 11) is -2.51. The molecule has 190 valence electrons. The first-order valence-electron chi connectivity index (χ1n) is 10.9. The minimum absolute atomic E-state index is 0.00843. The monoisotopic (exact) mass is 552 g/mol. The number of carbonyl (C=O) groups is 3. The van der Waals surface area contributed by atoms with Crippen molar-refractivity contribution in [3.8, 4) is 0 Å². The molecule has 36 heavy (non-hydrogen) atoms. The molecule has 0 saturated heterocycles. The minimum atomic E-state index is -4.22. The molecule has 1 aromatic heterocycles. The molecule has 0 radical (unpaired) electrons. The molecule has 1 fully saturated rings. The van der Waals surface area contributed by atoms with Crippen LogP contribution in [-0.4, -0.2) is 42.5 Å². The van der Waals surface area contributed by atoms with Gasteiger partial charge in [0.1, 0.15) is 5.69 Å². The van der Waals surface area contributed by atoms with Gasteiger partial charge in [0.15, 0.2) is 0 Å². The lowest BCUT2D eigenvalue weighted by Crippen LogP contribution is -2.42. The smallest absolute Gasteiger partial charge is 0.328 e. The zero-order chi connectivity index (χ0) is 26.2. The number of aromatic nitrogens is 1. The number of anilines is 1. The van der Waals surface area contributed by atoms with Gasteiger partial charge in [0.2, 0.25) is 0 Å². The molecule has 1 saturated carbocycles. The van der Waals surface area contributed by atoms with Gasteiger partial charge in [-0.1, -0.05) is 23.2 Å². The molecule has 0 bridgehead atoms. The fourth-order valence-corrected chi connectivity index (χ4v) is 5.16. The second-order valence-corrected chi connectivity index (χ2v) is 10.9. The quantitative estimate of drug-likeness (QED) is 0.334. The second-order valence-electron chi connectivity index (χ2n) is 8.46. The Morgan fingerprint density at radius 3 is 2.39 bits per heavy atom. The van der Waals surface area contributed by atoms with E-state index in [2.05, 4.69) is 10.6 Å². The van der Waals surface area contributed by atoms with Gasteiger partial charge in [-0.2, -0.15) is 0 Å². The van der Waals surface area contributed by atoms with Gasteiger partial charge in [0.05, 0.1) is 20.9 Å². The number of fused-ring (bicyclic) bond motifs is 1. The van der Waals surface area contributed by atoms with Gasteiger partial charge in [0.25, 0.3) is 15.9 Å². The average Bonchev–Trinajstić information content (AvgIpc) is 3.58. The molecule has 3 amide bonds. The maximum absolute atomic E-state index is 12.8. The number of carbonyl (C=O) groups excluding carboxylic acids is 2. The largest absolute Gasteiger partial charge is 0.481 e. The van der Waals surface area contributed by atoms with Crippen LogP contribution in [0.5, 0.6) is 0 Å². The molecule has 1 aliphatic rings. The summed E-state index contributed by atoms with van der Waals surface area (Å²) in [5, 5.41) is 15.5. The number of amides is 3. The third-order valence-corrected chi connectivity index (χ3v) is 8.15. The van der Waals surface area contributed by atoms with E-state index in [9.17, 15) is 27.9 Å². The van der Waals surface area contributed by atoms with Gasteiger partial charge in [-0.25, -0.2) is 17.9 Å². The molecule has 1 atom stereocenters. The van der Waals surface area contributed by atoms with Crippen LogP contribution in [0.15, 0.2) is 47.4 Å². The summed E-state index contributed by atoms with van der Waals surface area (Å²) in [5.41, 5.74) is 1.36. The summed E-state index contributed by atoms with van der Waals surface area (Å²) in [4.78, 5) is 35.9. The zero-order valence-electron chi connectivity index (χ0n) is 18.9. The molecule has 1 unspecified atom stereocenters. The Bertz CT molecular complexity index is 1470. The van der Waals surface area contributed by atoms with E-state index in [4.69, 9.17) is 23.2 Å². The number of nitrogens with one attached hydrogen (secondary N) is 3. The van der Waals surface area contributed by atoms with Crippen molar-refractivity contribution in [1.82, 2.24) is 14.6 Å². The Morgan fingerprint density at radius 2 is 1.78 bits per heavy atom. The number of aliphatic carboxylic acids is 1. The molecule has 13 heteroatoms. The fourth-order valence-electron chi connectivity index (χ4n) is 3.85. The number of benzene rings is 2. The Labute approximate surface area is 216 Å². The summed E-state index contributed by atoms with van der Waals surface area (Å²) < 4.78 is 28.6. The average molecular weight is 553 g/mol. The highest BCUT2D eigenvalue weighted by Gasteiger charge is 2.36. The van der Waals surface area contributed by atoms with Crippen LogP contribution in [0.2, 0.25) is 10.0 Å². The first-order chi connectivity index (χ1) is 17.0. The summed E-state index contributed by atoms with van der Waals surface area (Å²) in [5.74, 6) is -2.24. The summed E-state index contributed by atoms with van der Waals surface area (Å²) in [6, 6.07) is 9.19. The lowest BCUT2D eigenvalue weighted by atomic mass is 10.0. The number of urea groups is 1. The Kier molecular flexibility index (Phi) is 7.17.